The number of pyridine rings is 1. The molecule has 0 spiro atoms. The molecular weight excluding hydrogens is 434 g/mol. The Kier molecular flexibility index (Phi) is 5.54. The van der Waals surface area contributed by atoms with Crippen molar-refractivity contribution in [1.29, 1.82) is 0 Å². The van der Waals surface area contributed by atoms with E-state index < -0.39 is 0 Å². The smallest absolute Gasteiger partial charge is 0.254 e. The molecule has 1 amide bonds. The van der Waals surface area contributed by atoms with Gasteiger partial charge in [-0.3, -0.25) is 4.79 Å². The molecule has 0 aliphatic carbocycles. The zero-order chi connectivity index (χ0) is 23.1. The summed E-state index contributed by atoms with van der Waals surface area (Å²) in [4.78, 5) is 24.8. The number of hydrogen-bond acceptors (Lipinski definition) is 6. The number of para-hydroxylation sites is 2. The predicted octanol–water partition coefficient (Wildman–Crippen LogP) is 4.72. The van der Waals surface area contributed by atoms with Crippen LogP contribution in [0.15, 0.2) is 48.7 Å². The second-order valence-corrected chi connectivity index (χ2v) is 9.94. The third-order valence-corrected chi connectivity index (χ3v) is 7.09. The van der Waals surface area contributed by atoms with Gasteiger partial charge < -0.3 is 14.9 Å². The number of fused-ring (bicyclic) bond motifs is 1. The van der Waals surface area contributed by atoms with E-state index in [2.05, 4.69) is 42.9 Å². The molecule has 33 heavy (non-hydrogen) atoms. The number of carbonyl (C=O) groups is 1. The molecule has 5 rings (SSSR count). The number of hydrogen-bond donors (Lipinski definition) is 1. The van der Waals surface area contributed by atoms with E-state index in [-0.39, 0.29) is 17.7 Å². The molecular formula is C25H27N5O2S. The topological polar surface area (TPSA) is 74.5 Å². The fourth-order valence-electron chi connectivity index (χ4n) is 4.32. The Hall–Kier alpha value is -3.39. The van der Waals surface area contributed by atoms with Crippen LogP contribution in [0.2, 0.25) is 0 Å². The van der Waals surface area contributed by atoms with Crippen LogP contribution < -0.4 is 4.90 Å². The number of aromatic nitrogens is 3. The minimum Gasteiger partial charge on any atom is -0.506 e. The third-order valence-electron chi connectivity index (χ3n) is 6.07. The molecule has 1 aliphatic heterocycles. The van der Waals surface area contributed by atoms with Crippen LogP contribution in [0.3, 0.4) is 0 Å². The summed E-state index contributed by atoms with van der Waals surface area (Å²) in [5.74, 6) is 0.266. The molecule has 8 heteroatoms. The van der Waals surface area contributed by atoms with Gasteiger partial charge in [0.1, 0.15) is 5.75 Å². The lowest BCUT2D eigenvalue weighted by Gasteiger charge is -2.36. The highest BCUT2D eigenvalue weighted by molar-refractivity contribution is 7.15. The van der Waals surface area contributed by atoms with Crippen LogP contribution in [0.1, 0.15) is 35.1 Å². The van der Waals surface area contributed by atoms with Crippen LogP contribution in [0.4, 0.5) is 5.69 Å². The summed E-state index contributed by atoms with van der Waals surface area (Å²) in [5.41, 5.74) is 3.00. The molecule has 4 aromatic rings. The Balaban J connectivity index is 1.47. The molecule has 1 aromatic carbocycles. The first-order valence-electron chi connectivity index (χ1n) is 11.2. The van der Waals surface area contributed by atoms with Crippen LogP contribution in [0.5, 0.6) is 5.75 Å². The van der Waals surface area contributed by atoms with Gasteiger partial charge in [0, 0.05) is 37.1 Å². The Morgan fingerprint density at radius 3 is 2.52 bits per heavy atom. The van der Waals surface area contributed by atoms with E-state index in [0.717, 1.165) is 27.3 Å². The monoisotopic (exact) mass is 461 g/mol. The lowest BCUT2D eigenvalue weighted by Crippen LogP contribution is -2.48. The molecule has 1 N–H and O–H groups in total. The highest BCUT2D eigenvalue weighted by Crippen LogP contribution is 2.32. The Bertz CT molecular complexity index is 1320. The Morgan fingerprint density at radius 1 is 1.09 bits per heavy atom. The fraction of sp³-hybridized carbons (Fsp3) is 0.320. The molecule has 0 radical (unpaired) electrons. The van der Waals surface area contributed by atoms with Crippen molar-refractivity contribution in [3.05, 3.63) is 59.1 Å². The lowest BCUT2D eigenvalue weighted by molar-refractivity contribution is 0.0748. The summed E-state index contributed by atoms with van der Waals surface area (Å²) in [5, 5.41) is 15.5. The van der Waals surface area contributed by atoms with Gasteiger partial charge in [0.2, 0.25) is 0 Å². The Labute approximate surface area is 196 Å². The number of benzene rings is 1. The van der Waals surface area contributed by atoms with Gasteiger partial charge in [0.15, 0.2) is 5.65 Å². The number of thiophene rings is 1. The number of aryl methyl sites for hydroxylation is 1. The maximum absolute atomic E-state index is 13.7. The van der Waals surface area contributed by atoms with Gasteiger partial charge in [0.05, 0.1) is 33.4 Å². The number of rotatable bonds is 4. The summed E-state index contributed by atoms with van der Waals surface area (Å²) in [6.07, 6.45) is 1.76. The summed E-state index contributed by atoms with van der Waals surface area (Å²) in [6, 6.07) is 13.5. The average Bonchev–Trinajstić information content (AvgIpc) is 3.45. The Morgan fingerprint density at radius 2 is 1.85 bits per heavy atom. The standard InChI is InChI=1S/C25H27N5O2S/c1-16(2)30-24-19(15-26-30)18(14-20(27-24)23-9-8-17(3)33-23)25(32)29-12-10-28(11-13-29)21-6-4-5-7-22(21)31/h4-9,14-16,31H,10-13H2,1-3H3. The lowest BCUT2D eigenvalue weighted by atomic mass is 10.1. The van der Waals surface area contributed by atoms with Gasteiger partial charge in [-0.1, -0.05) is 12.1 Å². The van der Waals surface area contributed by atoms with Crippen molar-refractivity contribution < 1.29 is 9.90 Å². The predicted molar refractivity (Wildman–Crippen MR) is 132 cm³/mol. The number of amides is 1. The molecule has 0 saturated carbocycles. The van der Waals surface area contributed by atoms with E-state index in [1.165, 1.54) is 4.88 Å². The number of phenols is 1. The van der Waals surface area contributed by atoms with E-state index in [1.807, 2.05) is 33.8 Å². The minimum atomic E-state index is -0.00262. The first kappa shape index (κ1) is 21.5. The van der Waals surface area contributed by atoms with E-state index in [0.29, 0.717) is 31.7 Å². The van der Waals surface area contributed by atoms with E-state index in [4.69, 9.17) is 4.98 Å². The van der Waals surface area contributed by atoms with E-state index in [1.54, 1.807) is 23.6 Å². The normalized spacial score (nSPS) is 14.4. The molecule has 1 saturated heterocycles. The zero-order valence-corrected chi connectivity index (χ0v) is 19.8. The van der Waals surface area contributed by atoms with Crippen LogP contribution in [0, 0.1) is 6.92 Å². The highest BCUT2D eigenvalue weighted by Gasteiger charge is 2.26. The van der Waals surface area contributed by atoms with Crippen LogP contribution in [-0.2, 0) is 0 Å². The molecule has 0 atom stereocenters. The molecule has 1 fully saturated rings. The van der Waals surface area contributed by atoms with Gasteiger partial charge in [-0.2, -0.15) is 5.10 Å². The van der Waals surface area contributed by atoms with E-state index >= 15 is 0 Å². The van der Waals surface area contributed by atoms with Crippen LogP contribution in [0.25, 0.3) is 21.6 Å². The summed E-state index contributed by atoms with van der Waals surface area (Å²) < 4.78 is 1.88. The van der Waals surface area contributed by atoms with Gasteiger partial charge in [0.25, 0.3) is 5.91 Å². The fourth-order valence-corrected chi connectivity index (χ4v) is 5.15. The third kappa shape index (κ3) is 3.95. The molecule has 170 valence electrons. The van der Waals surface area contributed by atoms with Crippen molar-refractivity contribution in [1.82, 2.24) is 19.7 Å². The highest BCUT2D eigenvalue weighted by atomic mass is 32.1. The molecule has 1 aliphatic rings. The van der Waals surface area contributed by atoms with Crippen molar-refractivity contribution >= 4 is 34.0 Å². The van der Waals surface area contributed by atoms with Crippen molar-refractivity contribution in [2.45, 2.75) is 26.8 Å². The second-order valence-electron chi connectivity index (χ2n) is 8.65. The van der Waals surface area contributed by atoms with Crippen molar-refractivity contribution in [3.63, 3.8) is 0 Å². The summed E-state index contributed by atoms with van der Waals surface area (Å²) in [7, 11) is 0. The quantitative estimate of drug-likeness (QED) is 0.476. The van der Waals surface area contributed by atoms with Gasteiger partial charge >= 0.3 is 0 Å². The number of carbonyl (C=O) groups excluding carboxylic acids is 1. The summed E-state index contributed by atoms with van der Waals surface area (Å²) >= 11 is 1.67. The second kappa shape index (κ2) is 8.51. The van der Waals surface area contributed by atoms with Gasteiger partial charge in [-0.05, 0) is 51.1 Å². The first-order valence-corrected chi connectivity index (χ1v) is 12.0. The SMILES string of the molecule is Cc1ccc(-c2cc(C(=O)N3CCN(c4ccccc4O)CC3)c3cnn(C(C)C)c3n2)s1. The van der Waals surface area contributed by atoms with Crippen LogP contribution >= 0.6 is 11.3 Å². The number of anilines is 1. The van der Waals surface area contributed by atoms with E-state index in [9.17, 15) is 9.90 Å². The first-order chi connectivity index (χ1) is 15.9. The molecule has 7 nitrogen and oxygen atoms in total. The maximum Gasteiger partial charge on any atom is 0.254 e. The largest absolute Gasteiger partial charge is 0.506 e. The molecule has 3 aromatic heterocycles. The van der Waals surface area contributed by atoms with Gasteiger partial charge in [-0.15, -0.1) is 11.3 Å². The molecule has 0 unspecified atom stereocenters. The number of nitrogens with zero attached hydrogens (tertiary/aromatic N) is 5. The number of phenolic OH excluding ortho intramolecular Hbond substituents is 1. The maximum atomic E-state index is 13.7. The molecule has 0 bridgehead atoms. The zero-order valence-electron chi connectivity index (χ0n) is 19.0. The van der Waals surface area contributed by atoms with Gasteiger partial charge in [-0.25, -0.2) is 9.67 Å². The van der Waals surface area contributed by atoms with Crippen molar-refractivity contribution in [3.8, 4) is 16.3 Å². The summed E-state index contributed by atoms with van der Waals surface area (Å²) in [6.45, 7) is 8.71. The van der Waals surface area contributed by atoms with Crippen LogP contribution in [-0.4, -0.2) is 56.9 Å². The minimum absolute atomic E-state index is 0.00262. The number of piperazine rings is 1. The average molecular weight is 462 g/mol. The van der Waals surface area contributed by atoms with Crippen molar-refractivity contribution in [2.24, 2.45) is 0 Å². The molecule has 4 heterocycles. The van der Waals surface area contributed by atoms with Crippen molar-refractivity contribution in [2.75, 3.05) is 31.1 Å². The number of aromatic hydroxyl groups is 1.